The van der Waals surface area contributed by atoms with Gasteiger partial charge in [-0.25, -0.2) is 0 Å². The van der Waals surface area contributed by atoms with Gasteiger partial charge in [-0.1, -0.05) is 30.3 Å². The maximum absolute atomic E-state index is 10.8. The molecule has 1 radical (unpaired) electrons. The molecule has 0 amide bonds. The fourth-order valence-electron chi connectivity index (χ4n) is 1.04. The molecular weight excluding hydrogens is 190 g/mol. The lowest BCUT2D eigenvalue weighted by molar-refractivity contribution is -0.0802. The van der Waals surface area contributed by atoms with E-state index in [0.717, 1.165) is 5.56 Å². The molecule has 0 aliphatic carbocycles. The third-order valence-electron chi connectivity index (χ3n) is 1.73. The Labute approximate surface area is 90.4 Å². The van der Waals surface area contributed by atoms with E-state index in [1.54, 1.807) is 0 Å². The zero-order valence-electron chi connectivity index (χ0n) is 9.28. The second-order valence-electron chi connectivity index (χ2n) is 4.29. The third kappa shape index (κ3) is 4.23. The van der Waals surface area contributed by atoms with E-state index >= 15 is 0 Å². The minimum atomic E-state index is -0.537. The molecule has 0 aliphatic rings. The normalized spacial score (nSPS) is 13.5. The van der Waals surface area contributed by atoms with Crippen LogP contribution in [0.15, 0.2) is 30.3 Å². The minimum absolute atomic E-state index is 0.329. The highest BCUT2D eigenvalue weighted by Crippen LogP contribution is 2.12. The predicted octanol–water partition coefficient (Wildman–Crippen LogP) is 2.16. The van der Waals surface area contributed by atoms with Crippen molar-refractivity contribution in [2.24, 2.45) is 0 Å². The van der Waals surface area contributed by atoms with Crippen LogP contribution in [0.3, 0.4) is 0 Å². The van der Waals surface area contributed by atoms with E-state index in [1.165, 1.54) is 0 Å². The first-order valence-electron chi connectivity index (χ1n) is 4.89. The molecule has 0 spiro atoms. The molecular formula is C12H16NO2. The zero-order chi connectivity index (χ0) is 11.3. The highest BCUT2D eigenvalue weighted by molar-refractivity contribution is 5.61. The number of hydrogen-bond donors (Lipinski definition) is 1. The molecule has 15 heavy (non-hydrogen) atoms. The van der Waals surface area contributed by atoms with Crippen molar-refractivity contribution in [1.29, 1.82) is 0 Å². The van der Waals surface area contributed by atoms with Crippen LogP contribution >= 0.6 is 0 Å². The molecule has 1 atom stereocenters. The van der Waals surface area contributed by atoms with Gasteiger partial charge in [0.15, 0.2) is 0 Å². The van der Waals surface area contributed by atoms with Crippen LogP contribution in [0, 0.1) is 0 Å². The van der Waals surface area contributed by atoms with Gasteiger partial charge in [-0.3, -0.25) is 9.63 Å². The lowest BCUT2D eigenvalue weighted by Gasteiger charge is -2.22. The van der Waals surface area contributed by atoms with Gasteiger partial charge >= 0.3 is 0 Å². The fraction of sp³-hybridized carbons (Fsp3) is 0.417. The molecule has 0 bridgehead atoms. The Bertz CT molecular complexity index is 303. The second-order valence-corrected chi connectivity index (χ2v) is 4.29. The summed E-state index contributed by atoms with van der Waals surface area (Å²) in [5.41, 5.74) is 3.22. The molecule has 0 heterocycles. The minimum Gasteiger partial charge on any atom is -0.295 e. The fourth-order valence-corrected chi connectivity index (χ4v) is 1.04. The Balaban J connectivity index is 2.62. The Kier molecular flexibility index (Phi) is 4.00. The lowest BCUT2D eigenvalue weighted by Crippen LogP contribution is -2.32. The predicted molar refractivity (Wildman–Crippen MR) is 58.9 cm³/mol. The highest BCUT2D eigenvalue weighted by atomic mass is 16.7. The smallest absolute Gasteiger partial charge is 0.224 e. The molecule has 3 nitrogen and oxygen atoms in total. The summed E-state index contributed by atoms with van der Waals surface area (Å²) in [7, 11) is 0. The topological polar surface area (TPSA) is 38.3 Å². The van der Waals surface area contributed by atoms with Gasteiger partial charge in [0.25, 0.3) is 0 Å². The third-order valence-corrected chi connectivity index (χ3v) is 1.73. The molecule has 0 saturated carbocycles. The van der Waals surface area contributed by atoms with Gasteiger partial charge in [0.05, 0.1) is 5.60 Å². The molecule has 0 saturated heterocycles. The number of nitrogens with one attached hydrogen (secondary N) is 1. The number of hydrogen-bond acceptors (Lipinski definition) is 3. The summed E-state index contributed by atoms with van der Waals surface area (Å²) in [6, 6.07) is 8.82. The van der Waals surface area contributed by atoms with E-state index in [0.29, 0.717) is 0 Å². The Morgan fingerprint density at radius 2 is 1.87 bits per heavy atom. The highest BCUT2D eigenvalue weighted by Gasteiger charge is 2.16. The lowest BCUT2D eigenvalue weighted by atomic mass is 10.1. The molecule has 0 aromatic heterocycles. The number of benzene rings is 1. The van der Waals surface area contributed by atoms with Gasteiger partial charge in [-0.15, -0.1) is 0 Å². The van der Waals surface area contributed by atoms with E-state index < -0.39 is 6.04 Å². The van der Waals surface area contributed by atoms with Crippen molar-refractivity contribution < 1.29 is 9.63 Å². The number of carbonyl (C=O) groups excluding carboxylic acids is 1. The van der Waals surface area contributed by atoms with Crippen LogP contribution in [0.4, 0.5) is 0 Å². The molecule has 1 aromatic rings. The van der Waals surface area contributed by atoms with E-state index in [-0.39, 0.29) is 5.60 Å². The van der Waals surface area contributed by atoms with Crippen LogP contribution < -0.4 is 5.48 Å². The Morgan fingerprint density at radius 1 is 1.27 bits per heavy atom. The van der Waals surface area contributed by atoms with Gasteiger partial charge in [0.1, 0.15) is 6.04 Å². The van der Waals surface area contributed by atoms with E-state index in [2.05, 4.69) is 5.48 Å². The molecule has 3 heteroatoms. The summed E-state index contributed by atoms with van der Waals surface area (Å²) in [6.07, 6.45) is 1.90. The van der Waals surface area contributed by atoms with Crippen molar-refractivity contribution in [3.8, 4) is 0 Å². The van der Waals surface area contributed by atoms with Crippen molar-refractivity contribution in [1.82, 2.24) is 5.48 Å². The van der Waals surface area contributed by atoms with Crippen LogP contribution in [0.1, 0.15) is 32.4 Å². The van der Waals surface area contributed by atoms with Gasteiger partial charge in [0.2, 0.25) is 6.29 Å². The van der Waals surface area contributed by atoms with Gasteiger partial charge < -0.3 is 0 Å². The van der Waals surface area contributed by atoms with Crippen LogP contribution in [0.2, 0.25) is 0 Å². The van der Waals surface area contributed by atoms with Gasteiger partial charge in [-0.05, 0) is 26.3 Å². The molecule has 1 unspecified atom stereocenters. The van der Waals surface area contributed by atoms with Crippen LogP contribution in [0.5, 0.6) is 0 Å². The average molecular weight is 206 g/mol. The summed E-state index contributed by atoms with van der Waals surface area (Å²) in [6.45, 7) is 5.73. The second kappa shape index (κ2) is 5.05. The Morgan fingerprint density at radius 3 is 2.33 bits per heavy atom. The van der Waals surface area contributed by atoms with Crippen molar-refractivity contribution in [2.75, 3.05) is 0 Å². The average Bonchev–Trinajstić information content (AvgIpc) is 2.19. The summed E-state index contributed by atoms with van der Waals surface area (Å²) in [5.74, 6) is 0. The number of hydroxylamine groups is 1. The zero-order valence-corrected chi connectivity index (χ0v) is 9.28. The summed E-state index contributed by atoms with van der Waals surface area (Å²) in [5, 5.41) is 0. The molecule has 0 fully saturated rings. The first-order valence-corrected chi connectivity index (χ1v) is 4.89. The molecule has 0 aliphatic heterocycles. The largest absolute Gasteiger partial charge is 0.295 e. The monoisotopic (exact) mass is 206 g/mol. The molecule has 1 aromatic carbocycles. The molecule has 1 N–H and O–H groups in total. The van der Waals surface area contributed by atoms with Crippen molar-refractivity contribution in [3.05, 3.63) is 35.9 Å². The summed E-state index contributed by atoms with van der Waals surface area (Å²) < 4.78 is 0. The van der Waals surface area contributed by atoms with Crippen molar-refractivity contribution >= 4 is 6.29 Å². The van der Waals surface area contributed by atoms with E-state index in [1.807, 2.05) is 57.4 Å². The summed E-state index contributed by atoms with van der Waals surface area (Å²) in [4.78, 5) is 16.1. The van der Waals surface area contributed by atoms with E-state index in [4.69, 9.17) is 4.84 Å². The van der Waals surface area contributed by atoms with Crippen molar-refractivity contribution in [2.45, 2.75) is 32.4 Å². The van der Waals surface area contributed by atoms with Crippen LogP contribution in [-0.4, -0.2) is 11.9 Å². The number of rotatable bonds is 4. The Hall–Kier alpha value is -1.19. The SMILES string of the molecule is CC(C)(C)ONC([C]=O)c1ccccc1. The van der Waals surface area contributed by atoms with Crippen LogP contribution in [-0.2, 0) is 9.63 Å². The standard InChI is InChI=1S/C12H16NO2/c1-12(2,3)15-13-11(9-14)10-7-5-4-6-8-10/h4-8,11,13H,1-3H3. The molecule has 1 rings (SSSR count). The van der Waals surface area contributed by atoms with Gasteiger partial charge in [0, 0.05) is 0 Å². The first-order chi connectivity index (χ1) is 7.03. The quantitative estimate of drug-likeness (QED) is 0.767. The van der Waals surface area contributed by atoms with Crippen molar-refractivity contribution in [3.63, 3.8) is 0 Å². The maximum atomic E-state index is 10.8. The maximum Gasteiger partial charge on any atom is 0.224 e. The van der Waals surface area contributed by atoms with Gasteiger partial charge in [-0.2, -0.15) is 5.48 Å². The summed E-state index contributed by atoms with van der Waals surface area (Å²) >= 11 is 0. The molecule has 81 valence electrons. The van der Waals surface area contributed by atoms with Crippen LogP contribution in [0.25, 0.3) is 0 Å². The van der Waals surface area contributed by atoms with E-state index in [9.17, 15) is 4.79 Å². The first kappa shape index (κ1) is 11.9.